The fourth-order valence-electron chi connectivity index (χ4n) is 3.96. The first-order valence-electron chi connectivity index (χ1n) is 9.33. The summed E-state index contributed by atoms with van der Waals surface area (Å²) in [6.07, 6.45) is 2.45. The number of ether oxygens (including phenoxy) is 3. The van der Waals surface area contributed by atoms with E-state index in [1.165, 1.54) is 0 Å². The average molecular weight is 366 g/mol. The van der Waals surface area contributed by atoms with E-state index < -0.39 is 23.1 Å². The van der Waals surface area contributed by atoms with Gasteiger partial charge in [0.15, 0.2) is 11.2 Å². The van der Waals surface area contributed by atoms with Crippen molar-refractivity contribution in [1.82, 2.24) is 0 Å². The smallest absolute Gasteiger partial charge is 0.350 e. The summed E-state index contributed by atoms with van der Waals surface area (Å²) in [6.45, 7) is 0.914. The Kier molecular flexibility index (Phi) is 4.81. The molecule has 2 fully saturated rings. The highest BCUT2D eigenvalue weighted by Gasteiger charge is 2.51. The van der Waals surface area contributed by atoms with Crippen molar-refractivity contribution < 1.29 is 23.8 Å². The monoisotopic (exact) mass is 366 g/mol. The molecule has 5 heteroatoms. The van der Waals surface area contributed by atoms with Crippen molar-refractivity contribution in [3.63, 3.8) is 0 Å². The Morgan fingerprint density at radius 2 is 1.11 bits per heavy atom. The third-order valence-corrected chi connectivity index (χ3v) is 5.37. The van der Waals surface area contributed by atoms with Crippen LogP contribution in [-0.4, -0.2) is 25.2 Å². The molecule has 0 N–H and O–H groups in total. The SMILES string of the molecule is O=C(OC(=O)[C@@]1(c2ccccc2)CCCO1)[C@]1(c2ccccc2)CCCO1. The second kappa shape index (κ2) is 7.25. The van der Waals surface area contributed by atoms with Crippen LogP contribution in [0.15, 0.2) is 60.7 Å². The van der Waals surface area contributed by atoms with Gasteiger partial charge in [0.05, 0.1) is 0 Å². The Labute approximate surface area is 158 Å². The summed E-state index contributed by atoms with van der Waals surface area (Å²) in [5, 5.41) is 0. The van der Waals surface area contributed by atoms with Gasteiger partial charge in [-0.05, 0) is 36.8 Å². The number of rotatable bonds is 4. The van der Waals surface area contributed by atoms with Gasteiger partial charge in [0, 0.05) is 13.2 Å². The zero-order valence-corrected chi connectivity index (χ0v) is 15.1. The maximum absolute atomic E-state index is 13.1. The van der Waals surface area contributed by atoms with E-state index in [2.05, 4.69) is 0 Å². The molecule has 0 spiro atoms. The van der Waals surface area contributed by atoms with Crippen molar-refractivity contribution in [2.24, 2.45) is 0 Å². The quantitative estimate of drug-likeness (QED) is 0.612. The van der Waals surface area contributed by atoms with Gasteiger partial charge in [-0.2, -0.15) is 0 Å². The van der Waals surface area contributed by atoms with E-state index in [0.717, 1.165) is 12.8 Å². The molecule has 4 rings (SSSR count). The lowest BCUT2D eigenvalue weighted by Crippen LogP contribution is -2.44. The molecule has 2 aromatic carbocycles. The fourth-order valence-corrected chi connectivity index (χ4v) is 3.96. The maximum atomic E-state index is 13.1. The minimum absolute atomic E-state index is 0.457. The van der Waals surface area contributed by atoms with Crippen molar-refractivity contribution in [2.75, 3.05) is 13.2 Å². The summed E-state index contributed by atoms with van der Waals surface area (Å²) in [7, 11) is 0. The lowest BCUT2D eigenvalue weighted by atomic mass is 9.89. The van der Waals surface area contributed by atoms with E-state index in [0.29, 0.717) is 37.2 Å². The molecule has 2 atom stereocenters. The van der Waals surface area contributed by atoms with Crippen molar-refractivity contribution in [1.29, 1.82) is 0 Å². The molecule has 2 aromatic rings. The number of esters is 2. The van der Waals surface area contributed by atoms with Crippen LogP contribution in [0.4, 0.5) is 0 Å². The second-order valence-corrected chi connectivity index (χ2v) is 6.97. The first-order valence-corrected chi connectivity index (χ1v) is 9.33. The molecule has 5 nitrogen and oxygen atoms in total. The van der Waals surface area contributed by atoms with Gasteiger partial charge in [-0.15, -0.1) is 0 Å². The zero-order valence-electron chi connectivity index (χ0n) is 15.1. The summed E-state index contributed by atoms with van der Waals surface area (Å²) in [4.78, 5) is 26.2. The fraction of sp³-hybridized carbons (Fsp3) is 0.364. The van der Waals surface area contributed by atoms with Gasteiger partial charge in [-0.25, -0.2) is 9.59 Å². The normalized spacial score (nSPS) is 27.4. The Balaban J connectivity index is 1.62. The highest BCUT2D eigenvalue weighted by Crippen LogP contribution is 2.41. The molecular formula is C22H22O5. The molecule has 140 valence electrons. The molecule has 0 unspecified atom stereocenters. The zero-order chi connectivity index (χ0) is 18.7. The predicted octanol–water partition coefficient (Wildman–Crippen LogP) is 3.47. The van der Waals surface area contributed by atoms with E-state index >= 15 is 0 Å². The van der Waals surface area contributed by atoms with Gasteiger partial charge in [0.1, 0.15) is 0 Å². The third-order valence-electron chi connectivity index (χ3n) is 5.37. The molecule has 2 aliphatic rings. The van der Waals surface area contributed by atoms with Gasteiger partial charge in [0.25, 0.3) is 0 Å². The summed E-state index contributed by atoms with van der Waals surface area (Å²) in [6, 6.07) is 18.5. The van der Waals surface area contributed by atoms with Gasteiger partial charge in [-0.3, -0.25) is 0 Å². The molecule has 0 saturated carbocycles. The van der Waals surface area contributed by atoms with Gasteiger partial charge in [0.2, 0.25) is 0 Å². The van der Waals surface area contributed by atoms with Crippen LogP contribution in [0.1, 0.15) is 36.8 Å². The predicted molar refractivity (Wildman–Crippen MR) is 97.7 cm³/mol. The average Bonchev–Trinajstić information content (AvgIpc) is 3.41. The molecule has 2 aliphatic heterocycles. The highest BCUT2D eigenvalue weighted by molar-refractivity contribution is 5.95. The van der Waals surface area contributed by atoms with Crippen LogP contribution in [-0.2, 0) is 35.0 Å². The van der Waals surface area contributed by atoms with Crippen molar-refractivity contribution in [3.8, 4) is 0 Å². The van der Waals surface area contributed by atoms with Crippen LogP contribution in [0, 0.1) is 0 Å². The lowest BCUT2D eigenvalue weighted by Gasteiger charge is -2.30. The van der Waals surface area contributed by atoms with Crippen LogP contribution < -0.4 is 0 Å². The van der Waals surface area contributed by atoms with Gasteiger partial charge < -0.3 is 14.2 Å². The Bertz CT molecular complexity index is 734. The molecular weight excluding hydrogens is 344 g/mol. The van der Waals surface area contributed by atoms with Crippen LogP contribution in [0.25, 0.3) is 0 Å². The Morgan fingerprint density at radius 3 is 1.44 bits per heavy atom. The second-order valence-electron chi connectivity index (χ2n) is 6.97. The first-order chi connectivity index (χ1) is 13.2. The Hall–Kier alpha value is -2.50. The summed E-state index contributed by atoms with van der Waals surface area (Å²) in [5.41, 5.74) is -1.04. The molecule has 2 heterocycles. The van der Waals surface area contributed by atoms with E-state index in [1.807, 2.05) is 60.7 Å². The highest BCUT2D eigenvalue weighted by atomic mass is 16.6. The van der Waals surface area contributed by atoms with E-state index in [1.54, 1.807) is 0 Å². The minimum Gasteiger partial charge on any atom is -0.388 e. The number of carbonyl (C=O) groups is 2. The first kappa shape index (κ1) is 17.9. The van der Waals surface area contributed by atoms with Gasteiger partial charge in [-0.1, -0.05) is 60.7 Å². The number of benzene rings is 2. The van der Waals surface area contributed by atoms with Gasteiger partial charge >= 0.3 is 11.9 Å². The molecule has 0 amide bonds. The van der Waals surface area contributed by atoms with Crippen molar-refractivity contribution in [3.05, 3.63) is 71.8 Å². The summed E-state index contributed by atoms with van der Waals surface area (Å²) >= 11 is 0. The lowest BCUT2D eigenvalue weighted by molar-refractivity contribution is -0.188. The molecule has 27 heavy (non-hydrogen) atoms. The standard InChI is InChI=1S/C22H22O5/c23-19(21(13-7-15-25-21)17-9-3-1-4-10-17)27-20(24)22(14-8-16-26-22)18-11-5-2-6-12-18/h1-6,9-12H,7-8,13-16H2/t21-,22+. The summed E-state index contributed by atoms with van der Waals surface area (Å²) in [5.74, 6) is -1.33. The number of carbonyl (C=O) groups excluding carboxylic acids is 2. The van der Waals surface area contributed by atoms with E-state index in [-0.39, 0.29) is 0 Å². The summed E-state index contributed by atoms with van der Waals surface area (Å²) < 4.78 is 17.1. The Morgan fingerprint density at radius 1 is 0.704 bits per heavy atom. The molecule has 0 radical (unpaired) electrons. The molecule has 0 aliphatic carbocycles. The molecule has 0 bridgehead atoms. The maximum Gasteiger partial charge on any atom is 0.350 e. The topological polar surface area (TPSA) is 61.8 Å². The van der Waals surface area contributed by atoms with Crippen LogP contribution in [0.5, 0.6) is 0 Å². The minimum atomic E-state index is -1.23. The van der Waals surface area contributed by atoms with E-state index in [9.17, 15) is 9.59 Å². The van der Waals surface area contributed by atoms with Crippen LogP contribution >= 0.6 is 0 Å². The van der Waals surface area contributed by atoms with Crippen LogP contribution in [0.2, 0.25) is 0 Å². The largest absolute Gasteiger partial charge is 0.388 e. The number of hydrogen-bond donors (Lipinski definition) is 0. The van der Waals surface area contributed by atoms with E-state index in [4.69, 9.17) is 14.2 Å². The third kappa shape index (κ3) is 3.07. The number of hydrogen-bond acceptors (Lipinski definition) is 5. The van der Waals surface area contributed by atoms with Crippen LogP contribution in [0.3, 0.4) is 0 Å². The van der Waals surface area contributed by atoms with Crippen molar-refractivity contribution >= 4 is 11.9 Å². The van der Waals surface area contributed by atoms with Crippen molar-refractivity contribution in [2.45, 2.75) is 36.9 Å². The molecule has 2 saturated heterocycles. The molecule has 0 aromatic heterocycles.